The van der Waals surface area contributed by atoms with E-state index in [0.29, 0.717) is 11.3 Å². The number of nitriles is 1. The largest absolute Gasteiger partial charge is 0.289 e. The van der Waals surface area contributed by atoms with E-state index >= 15 is 0 Å². The second kappa shape index (κ2) is 5.85. The highest BCUT2D eigenvalue weighted by atomic mass is 79.9. The van der Waals surface area contributed by atoms with Gasteiger partial charge in [-0.15, -0.1) is 0 Å². The van der Waals surface area contributed by atoms with Gasteiger partial charge in [-0.2, -0.15) is 10.4 Å². The predicted octanol–water partition coefficient (Wildman–Crippen LogP) is 2.98. The normalized spacial score (nSPS) is 10.7. The summed E-state index contributed by atoms with van der Waals surface area (Å²) in [5.41, 5.74) is 1.98. The molecule has 0 saturated carbocycles. The lowest BCUT2D eigenvalue weighted by molar-refractivity contribution is 0.786. The predicted molar refractivity (Wildman–Crippen MR) is 82.0 cm³/mol. The highest BCUT2D eigenvalue weighted by Gasteiger charge is 2.08. The minimum absolute atomic E-state index is 0.128. The van der Waals surface area contributed by atoms with Gasteiger partial charge in [0.2, 0.25) is 0 Å². The number of benzene rings is 1. The third-order valence-electron chi connectivity index (χ3n) is 2.86. The lowest BCUT2D eigenvalue weighted by atomic mass is 10.1. The number of rotatable bonds is 2. The van der Waals surface area contributed by atoms with Gasteiger partial charge in [-0.1, -0.05) is 28.1 Å². The van der Waals surface area contributed by atoms with Crippen LogP contribution in [0.25, 0.3) is 0 Å². The highest BCUT2D eigenvalue weighted by molar-refractivity contribution is 9.10. The van der Waals surface area contributed by atoms with Crippen LogP contribution in [0.2, 0.25) is 0 Å². The second-order valence-electron chi connectivity index (χ2n) is 4.37. The van der Waals surface area contributed by atoms with E-state index in [1.54, 1.807) is 26.1 Å². The zero-order valence-electron chi connectivity index (χ0n) is 11.1. The van der Waals surface area contributed by atoms with Crippen molar-refractivity contribution in [2.75, 3.05) is 0 Å². The zero-order chi connectivity index (χ0) is 14.7. The number of aryl methyl sites for hydroxylation is 2. The SMILES string of the molecule is Cc1cc(C)n(N=Cc2ccc(Br)cc2)c(=O)c1C#N. The van der Waals surface area contributed by atoms with Crippen molar-refractivity contribution < 1.29 is 0 Å². The van der Waals surface area contributed by atoms with Gasteiger partial charge in [0.15, 0.2) is 0 Å². The molecular formula is C15H12BrN3O. The maximum absolute atomic E-state index is 12.1. The Hall–Kier alpha value is -2.19. The van der Waals surface area contributed by atoms with Gasteiger partial charge in [-0.25, -0.2) is 4.68 Å². The summed E-state index contributed by atoms with van der Waals surface area (Å²) in [5.74, 6) is 0. The monoisotopic (exact) mass is 329 g/mol. The van der Waals surface area contributed by atoms with E-state index in [9.17, 15) is 4.79 Å². The molecule has 100 valence electrons. The van der Waals surface area contributed by atoms with E-state index in [0.717, 1.165) is 10.0 Å². The molecule has 0 aliphatic rings. The number of aromatic nitrogens is 1. The maximum atomic E-state index is 12.1. The number of halogens is 1. The van der Waals surface area contributed by atoms with Gasteiger partial charge in [-0.3, -0.25) is 4.79 Å². The van der Waals surface area contributed by atoms with Gasteiger partial charge in [0.25, 0.3) is 5.56 Å². The Morgan fingerprint density at radius 1 is 1.30 bits per heavy atom. The molecule has 0 unspecified atom stereocenters. The van der Waals surface area contributed by atoms with Crippen LogP contribution in [0.1, 0.15) is 22.4 Å². The molecule has 0 aliphatic carbocycles. The van der Waals surface area contributed by atoms with Crippen LogP contribution in [-0.2, 0) is 0 Å². The molecule has 0 N–H and O–H groups in total. The van der Waals surface area contributed by atoms with Crippen LogP contribution in [0, 0.1) is 25.2 Å². The zero-order valence-corrected chi connectivity index (χ0v) is 12.7. The summed E-state index contributed by atoms with van der Waals surface area (Å²) < 4.78 is 2.22. The van der Waals surface area contributed by atoms with E-state index in [-0.39, 0.29) is 5.56 Å². The summed E-state index contributed by atoms with van der Waals surface area (Å²) in [6.07, 6.45) is 1.59. The number of hydrogen-bond acceptors (Lipinski definition) is 3. The van der Waals surface area contributed by atoms with Crippen molar-refractivity contribution in [3.05, 3.63) is 67.5 Å². The average Bonchev–Trinajstić information content (AvgIpc) is 2.40. The molecule has 20 heavy (non-hydrogen) atoms. The second-order valence-corrected chi connectivity index (χ2v) is 5.28. The van der Waals surface area contributed by atoms with Crippen molar-refractivity contribution in [3.63, 3.8) is 0 Å². The first-order valence-corrected chi connectivity index (χ1v) is 6.75. The van der Waals surface area contributed by atoms with E-state index < -0.39 is 5.56 Å². The molecule has 0 atom stereocenters. The van der Waals surface area contributed by atoms with Crippen molar-refractivity contribution in [1.29, 1.82) is 5.26 Å². The summed E-state index contributed by atoms with van der Waals surface area (Å²) in [7, 11) is 0. The summed E-state index contributed by atoms with van der Waals surface area (Å²) in [6.45, 7) is 3.53. The van der Waals surface area contributed by atoms with Crippen molar-refractivity contribution >= 4 is 22.1 Å². The molecule has 5 heteroatoms. The molecular weight excluding hydrogens is 318 g/mol. The fourth-order valence-electron chi connectivity index (χ4n) is 1.83. The van der Waals surface area contributed by atoms with Crippen LogP contribution in [0.15, 0.2) is 44.7 Å². The Kier molecular flexibility index (Phi) is 4.16. The Morgan fingerprint density at radius 3 is 2.55 bits per heavy atom. The van der Waals surface area contributed by atoms with Gasteiger partial charge in [0, 0.05) is 10.2 Å². The van der Waals surface area contributed by atoms with Gasteiger partial charge < -0.3 is 0 Å². The first kappa shape index (κ1) is 14.2. The third kappa shape index (κ3) is 2.86. The molecule has 2 rings (SSSR count). The van der Waals surface area contributed by atoms with Crippen molar-refractivity contribution in [3.8, 4) is 6.07 Å². The molecule has 4 nitrogen and oxygen atoms in total. The molecule has 0 aliphatic heterocycles. The fourth-order valence-corrected chi connectivity index (χ4v) is 2.10. The van der Waals surface area contributed by atoms with E-state index in [2.05, 4.69) is 21.0 Å². The standard InChI is InChI=1S/C15H12BrN3O/c1-10-7-11(2)19(15(20)14(10)8-17)18-9-12-3-5-13(16)6-4-12/h3-7,9H,1-2H3. The summed E-state index contributed by atoms with van der Waals surface area (Å²) in [6, 6.07) is 11.3. The molecule has 0 amide bonds. The Morgan fingerprint density at radius 2 is 1.95 bits per heavy atom. The first-order valence-electron chi connectivity index (χ1n) is 5.96. The smallest absolute Gasteiger partial charge is 0.266 e. The molecule has 0 saturated heterocycles. The fraction of sp³-hybridized carbons (Fsp3) is 0.133. The minimum Gasteiger partial charge on any atom is -0.266 e. The summed E-state index contributed by atoms with van der Waals surface area (Å²) >= 11 is 3.36. The molecule has 1 aromatic carbocycles. The first-order chi connectivity index (χ1) is 9.52. The van der Waals surface area contributed by atoms with Gasteiger partial charge in [0.05, 0.1) is 6.21 Å². The Bertz CT molecular complexity index is 767. The van der Waals surface area contributed by atoms with E-state index in [4.69, 9.17) is 5.26 Å². The molecule has 1 aromatic heterocycles. The lowest BCUT2D eigenvalue weighted by Crippen LogP contribution is -2.22. The average molecular weight is 330 g/mol. The minimum atomic E-state index is -0.390. The Labute approximate surface area is 125 Å². The van der Waals surface area contributed by atoms with Crippen LogP contribution in [0.3, 0.4) is 0 Å². The summed E-state index contributed by atoms with van der Waals surface area (Å²) in [4.78, 5) is 12.1. The molecule has 0 bridgehead atoms. The van der Waals surface area contributed by atoms with Gasteiger partial charge in [0.1, 0.15) is 11.6 Å². The number of hydrogen-bond donors (Lipinski definition) is 0. The summed E-state index contributed by atoms with van der Waals surface area (Å²) in [5, 5.41) is 13.2. The molecule has 2 aromatic rings. The molecule has 0 spiro atoms. The van der Waals surface area contributed by atoms with E-state index in [1.807, 2.05) is 30.3 Å². The lowest BCUT2D eigenvalue weighted by Gasteiger charge is -2.06. The van der Waals surface area contributed by atoms with Crippen LogP contribution >= 0.6 is 15.9 Å². The molecule has 1 heterocycles. The van der Waals surface area contributed by atoms with Gasteiger partial charge >= 0.3 is 0 Å². The van der Waals surface area contributed by atoms with Crippen LogP contribution < -0.4 is 5.56 Å². The highest BCUT2D eigenvalue weighted by Crippen LogP contribution is 2.09. The van der Waals surface area contributed by atoms with Crippen molar-refractivity contribution in [2.45, 2.75) is 13.8 Å². The quantitative estimate of drug-likeness (QED) is 0.795. The molecule has 0 fully saturated rings. The topological polar surface area (TPSA) is 58.1 Å². The third-order valence-corrected chi connectivity index (χ3v) is 3.39. The van der Waals surface area contributed by atoms with Crippen molar-refractivity contribution in [1.82, 2.24) is 4.68 Å². The maximum Gasteiger partial charge on any atom is 0.289 e. The number of pyridine rings is 1. The van der Waals surface area contributed by atoms with Crippen molar-refractivity contribution in [2.24, 2.45) is 5.10 Å². The van der Waals surface area contributed by atoms with Crippen LogP contribution in [-0.4, -0.2) is 10.9 Å². The van der Waals surface area contributed by atoms with Gasteiger partial charge in [-0.05, 0) is 43.2 Å². The molecule has 0 radical (unpaired) electrons. The van der Waals surface area contributed by atoms with Crippen LogP contribution in [0.4, 0.5) is 0 Å². The van der Waals surface area contributed by atoms with E-state index in [1.165, 1.54) is 4.68 Å². The number of nitrogens with zero attached hydrogens (tertiary/aromatic N) is 3. The Balaban J connectivity index is 2.47. The van der Waals surface area contributed by atoms with Crippen LogP contribution in [0.5, 0.6) is 0 Å².